The standard InChI is InChI=1S/C28H26F7N3O7/c1-14-9-17(45-28(33,34)35)4-3-15(14)11-36-25(40)19-12-38(13-27(30,31)32)21-18(23(19)39)10-20(29)22(24(21)43-2)37-7-5-16(6-8-37)44-26(41)42/h3-4,9-10,12,16H,5-8,11,13H2,1-2H3,(H,36,40)(H,41,42). The number of aryl methyl sites for hydroxylation is 1. The first-order valence-electron chi connectivity index (χ1n) is 13.3. The maximum Gasteiger partial charge on any atom is 0.573 e. The van der Waals surface area contributed by atoms with E-state index >= 15 is 4.39 Å². The van der Waals surface area contributed by atoms with Crippen LogP contribution in [0.3, 0.4) is 0 Å². The zero-order valence-electron chi connectivity index (χ0n) is 23.6. The number of amides is 1. The van der Waals surface area contributed by atoms with Gasteiger partial charge in [0.25, 0.3) is 5.91 Å². The van der Waals surface area contributed by atoms with Crippen molar-refractivity contribution >= 4 is 28.7 Å². The van der Waals surface area contributed by atoms with Crippen molar-refractivity contribution in [2.75, 3.05) is 25.1 Å². The van der Waals surface area contributed by atoms with Gasteiger partial charge >= 0.3 is 18.7 Å². The number of carbonyl (C=O) groups is 2. The fraction of sp³-hybridized carbons (Fsp3) is 0.393. The van der Waals surface area contributed by atoms with Gasteiger partial charge in [-0.3, -0.25) is 9.59 Å². The van der Waals surface area contributed by atoms with Crippen LogP contribution < -0.4 is 25.1 Å². The van der Waals surface area contributed by atoms with E-state index in [0.29, 0.717) is 22.4 Å². The van der Waals surface area contributed by atoms with E-state index in [4.69, 9.17) is 14.6 Å². The molecular formula is C28H26F7N3O7. The quantitative estimate of drug-likeness (QED) is 0.242. The summed E-state index contributed by atoms with van der Waals surface area (Å²) in [6.07, 6.45) is -10.9. The molecule has 0 atom stereocenters. The molecule has 2 N–H and O–H groups in total. The fourth-order valence-electron chi connectivity index (χ4n) is 5.13. The number of methoxy groups -OCH3 is 1. The number of fused-ring (bicyclic) bond motifs is 1. The lowest BCUT2D eigenvalue weighted by molar-refractivity contribution is -0.274. The molecular weight excluding hydrogens is 623 g/mol. The van der Waals surface area contributed by atoms with E-state index in [0.717, 1.165) is 19.2 Å². The van der Waals surface area contributed by atoms with E-state index in [1.807, 2.05) is 0 Å². The Hall–Kier alpha value is -4.70. The van der Waals surface area contributed by atoms with Crippen LogP contribution in [0.1, 0.15) is 34.3 Å². The van der Waals surface area contributed by atoms with Crippen LogP contribution in [-0.2, 0) is 17.8 Å². The number of benzene rings is 2. The van der Waals surface area contributed by atoms with E-state index in [-0.39, 0.29) is 43.7 Å². The van der Waals surface area contributed by atoms with Gasteiger partial charge in [0.2, 0.25) is 5.43 Å². The molecule has 0 saturated carbocycles. The first kappa shape index (κ1) is 33.2. The minimum absolute atomic E-state index is 0.0590. The largest absolute Gasteiger partial charge is 0.573 e. The summed E-state index contributed by atoms with van der Waals surface area (Å²) in [7, 11) is 1.08. The smallest absolute Gasteiger partial charge is 0.492 e. The second-order valence-electron chi connectivity index (χ2n) is 10.1. The van der Waals surface area contributed by atoms with E-state index in [2.05, 4.69) is 10.1 Å². The van der Waals surface area contributed by atoms with Crippen molar-refractivity contribution in [1.82, 2.24) is 9.88 Å². The minimum Gasteiger partial charge on any atom is -0.492 e. The molecule has 10 nitrogen and oxygen atoms in total. The molecule has 0 radical (unpaired) electrons. The van der Waals surface area contributed by atoms with Gasteiger partial charge in [0.05, 0.1) is 18.0 Å². The second-order valence-corrected chi connectivity index (χ2v) is 10.1. The number of aromatic nitrogens is 1. The van der Waals surface area contributed by atoms with Gasteiger partial charge < -0.3 is 34.1 Å². The highest BCUT2D eigenvalue weighted by Gasteiger charge is 2.34. The van der Waals surface area contributed by atoms with E-state index < -0.39 is 76.5 Å². The molecule has 1 aromatic heterocycles. The van der Waals surface area contributed by atoms with Crippen molar-refractivity contribution in [3.63, 3.8) is 0 Å². The monoisotopic (exact) mass is 649 g/mol. The Morgan fingerprint density at radius 2 is 1.76 bits per heavy atom. The van der Waals surface area contributed by atoms with Gasteiger partial charge in [0.1, 0.15) is 29.6 Å². The molecule has 0 spiro atoms. The molecule has 1 amide bonds. The lowest BCUT2D eigenvalue weighted by atomic mass is 10.0. The molecule has 1 aliphatic heterocycles. The van der Waals surface area contributed by atoms with Crippen LogP contribution in [0.25, 0.3) is 10.9 Å². The first-order valence-corrected chi connectivity index (χ1v) is 13.3. The van der Waals surface area contributed by atoms with Gasteiger partial charge in [0.15, 0.2) is 11.6 Å². The molecule has 1 aliphatic rings. The molecule has 244 valence electrons. The van der Waals surface area contributed by atoms with Crippen molar-refractivity contribution in [1.29, 1.82) is 0 Å². The number of alkyl halides is 6. The summed E-state index contributed by atoms with van der Waals surface area (Å²) >= 11 is 0. The fourth-order valence-corrected chi connectivity index (χ4v) is 5.13. The predicted molar refractivity (Wildman–Crippen MR) is 144 cm³/mol. The maximum absolute atomic E-state index is 15.6. The molecule has 0 bridgehead atoms. The number of nitrogens with one attached hydrogen (secondary N) is 1. The topological polar surface area (TPSA) is 119 Å². The number of ether oxygens (including phenoxy) is 3. The Balaban J connectivity index is 1.71. The van der Waals surface area contributed by atoms with Gasteiger partial charge in [0, 0.05) is 38.7 Å². The summed E-state index contributed by atoms with van der Waals surface area (Å²) in [6.45, 7) is -0.441. The summed E-state index contributed by atoms with van der Waals surface area (Å²) in [6, 6.07) is 4.01. The average Bonchev–Trinajstić information content (AvgIpc) is 2.92. The number of rotatable bonds is 8. The van der Waals surface area contributed by atoms with Gasteiger partial charge in [-0.15, -0.1) is 13.2 Å². The van der Waals surface area contributed by atoms with Gasteiger partial charge in [-0.25, -0.2) is 9.18 Å². The van der Waals surface area contributed by atoms with Crippen molar-refractivity contribution in [3.8, 4) is 11.5 Å². The number of nitrogens with zero attached hydrogens (tertiary/aromatic N) is 2. The van der Waals surface area contributed by atoms with Crippen molar-refractivity contribution < 1.29 is 59.6 Å². The summed E-state index contributed by atoms with van der Waals surface area (Å²) in [5, 5.41) is 10.6. The molecule has 0 aliphatic carbocycles. The number of piperidine rings is 1. The maximum atomic E-state index is 15.6. The third-order valence-corrected chi connectivity index (χ3v) is 7.06. The van der Waals surface area contributed by atoms with Gasteiger partial charge in [-0.2, -0.15) is 13.2 Å². The molecule has 3 aromatic rings. The van der Waals surface area contributed by atoms with Crippen molar-refractivity contribution in [2.24, 2.45) is 0 Å². The number of hydrogen-bond donors (Lipinski definition) is 2. The summed E-state index contributed by atoms with van der Waals surface area (Å²) in [4.78, 5) is 38.8. The second kappa shape index (κ2) is 12.7. The number of hydrogen-bond acceptors (Lipinski definition) is 7. The zero-order chi connectivity index (χ0) is 33.3. The van der Waals surface area contributed by atoms with Crippen LogP contribution in [0, 0.1) is 12.7 Å². The molecule has 4 rings (SSSR count). The molecule has 2 heterocycles. The van der Waals surface area contributed by atoms with E-state index in [1.54, 1.807) is 0 Å². The van der Waals surface area contributed by atoms with Crippen LogP contribution in [0.5, 0.6) is 11.5 Å². The van der Waals surface area contributed by atoms with Gasteiger partial charge in [-0.05, 0) is 36.2 Å². The lowest BCUT2D eigenvalue weighted by Gasteiger charge is -2.34. The number of anilines is 1. The highest BCUT2D eigenvalue weighted by Crippen LogP contribution is 2.40. The first-order chi connectivity index (χ1) is 21.0. The van der Waals surface area contributed by atoms with E-state index in [9.17, 15) is 40.7 Å². The predicted octanol–water partition coefficient (Wildman–Crippen LogP) is 5.51. The Morgan fingerprint density at radius 3 is 2.31 bits per heavy atom. The van der Waals surface area contributed by atoms with Crippen LogP contribution in [0.4, 0.5) is 41.2 Å². The number of pyridine rings is 1. The van der Waals surface area contributed by atoms with Crippen molar-refractivity contribution in [2.45, 2.75) is 51.5 Å². The highest BCUT2D eigenvalue weighted by atomic mass is 19.4. The lowest BCUT2D eigenvalue weighted by Crippen LogP contribution is -2.38. The Kier molecular flexibility index (Phi) is 9.39. The Morgan fingerprint density at radius 1 is 1.09 bits per heavy atom. The third-order valence-electron chi connectivity index (χ3n) is 7.06. The summed E-state index contributed by atoms with van der Waals surface area (Å²) < 4.78 is 109. The Bertz CT molecular complexity index is 1660. The highest BCUT2D eigenvalue weighted by molar-refractivity contribution is 5.99. The normalized spacial score (nSPS) is 14.4. The van der Waals surface area contributed by atoms with Crippen LogP contribution in [0.2, 0.25) is 0 Å². The number of carboxylic acid groups (broad SMARTS) is 1. The SMILES string of the molecule is COc1c(N2CCC(OC(=O)O)CC2)c(F)cc2c(=O)c(C(=O)NCc3ccc(OC(F)(F)F)cc3C)cn(CC(F)(F)F)c12. The Labute approximate surface area is 249 Å². The van der Waals surface area contributed by atoms with Crippen LogP contribution >= 0.6 is 0 Å². The van der Waals surface area contributed by atoms with Crippen molar-refractivity contribution in [3.05, 3.63) is 63.2 Å². The van der Waals surface area contributed by atoms with Crippen LogP contribution in [-0.4, -0.2) is 60.6 Å². The molecule has 1 saturated heterocycles. The molecule has 1 fully saturated rings. The zero-order valence-corrected chi connectivity index (χ0v) is 23.6. The van der Waals surface area contributed by atoms with E-state index in [1.165, 1.54) is 17.9 Å². The number of carbonyl (C=O) groups excluding carboxylic acids is 1. The summed E-state index contributed by atoms with van der Waals surface area (Å²) in [5.74, 6) is -3.04. The molecule has 17 heteroatoms. The van der Waals surface area contributed by atoms with Crippen LogP contribution in [0.15, 0.2) is 35.3 Å². The third kappa shape index (κ3) is 7.88. The average molecular weight is 650 g/mol. The molecule has 0 unspecified atom stereocenters. The molecule has 45 heavy (non-hydrogen) atoms. The minimum atomic E-state index is -4.93. The van der Waals surface area contributed by atoms with Gasteiger partial charge in [-0.1, -0.05) is 6.07 Å². The summed E-state index contributed by atoms with van der Waals surface area (Å²) in [5.41, 5.74) is -1.91. The molecule has 2 aromatic carbocycles. The number of halogens is 7.